The largest absolute Gasteiger partial charge is 0.492 e. The molecule has 1 aromatic heterocycles. The minimum atomic E-state index is -1.46. The number of likely N-dealkylation sites (N-methyl/N-ethyl adjacent to an activating group) is 1. The number of rotatable bonds is 16. The quantitative estimate of drug-likeness (QED) is 0.0741. The number of aromatic nitrogens is 2. The topological polar surface area (TPSA) is 303 Å². The van der Waals surface area contributed by atoms with E-state index in [9.17, 15) is 34.3 Å². The van der Waals surface area contributed by atoms with Crippen LogP contribution in [0.5, 0.6) is 11.5 Å². The third-order valence-electron chi connectivity index (χ3n) is 11.4. The van der Waals surface area contributed by atoms with Crippen molar-refractivity contribution in [1.29, 1.82) is 5.26 Å². The molecule has 0 saturated heterocycles. The van der Waals surface area contributed by atoms with Crippen molar-refractivity contribution in [2.75, 3.05) is 46.4 Å². The second kappa shape index (κ2) is 23.2. The van der Waals surface area contributed by atoms with Crippen LogP contribution >= 0.6 is 0 Å². The van der Waals surface area contributed by atoms with Gasteiger partial charge in [-0.1, -0.05) is 57.2 Å². The van der Waals surface area contributed by atoms with E-state index < -0.39 is 59.8 Å². The average Bonchev–Trinajstić information content (AvgIpc) is 3.30. The molecule has 362 valence electrons. The van der Waals surface area contributed by atoms with Crippen LogP contribution < -0.4 is 47.9 Å². The van der Waals surface area contributed by atoms with E-state index in [0.29, 0.717) is 39.7 Å². The van der Waals surface area contributed by atoms with Crippen LogP contribution in [0.3, 0.4) is 0 Å². The Kier molecular flexibility index (Phi) is 17.7. The van der Waals surface area contributed by atoms with E-state index in [0.717, 1.165) is 16.0 Å². The zero-order valence-electron chi connectivity index (χ0n) is 39.6. The van der Waals surface area contributed by atoms with Gasteiger partial charge in [0.15, 0.2) is 5.82 Å². The molecule has 0 saturated carbocycles. The Morgan fingerprint density at radius 2 is 1.57 bits per heavy atom. The summed E-state index contributed by atoms with van der Waals surface area (Å²) >= 11 is 0. The van der Waals surface area contributed by atoms with Crippen molar-refractivity contribution < 1.29 is 38.6 Å². The van der Waals surface area contributed by atoms with Gasteiger partial charge in [0.1, 0.15) is 61.5 Å². The van der Waals surface area contributed by atoms with Crippen molar-refractivity contribution in [2.24, 2.45) is 17.2 Å². The second-order valence-electron chi connectivity index (χ2n) is 17.7. The predicted molar refractivity (Wildman–Crippen MR) is 255 cm³/mol. The number of carbonyl (C=O) groups excluding carboxylic acids is 5. The number of aliphatic hydroxyl groups excluding tert-OH is 1. The van der Waals surface area contributed by atoms with Crippen LogP contribution in [0.4, 0.5) is 0 Å². The summed E-state index contributed by atoms with van der Waals surface area (Å²) in [6.07, 6.45) is -1.09. The Morgan fingerprint density at radius 1 is 0.926 bits per heavy atom. The van der Waals surface area contributed by atoms with Crippen LogP contribution in [-0.4, -0.2) is 120 Å². The maximum absolute atomic E-state index is 14.8. The number of hydrogen-bond donors (Lipinski definition) is 8. The van der Waals surface area contributed by atoms with E-state index in [1.807, 2.05) is 30.3 Å². The number of nitrogens with two attached hydrogens (primary N) is 3. The van der Waals surface area contributed by atoms with E-state index in [1.54, 1.807) is 50.2 Å². The molecule has 4 aromatic rings. The first-order valence-corrected chi connectivity index (χ1v) is 22.4. The number of nitrogens with one attached hydrogen (secondary N) is 4. The summed E-state index contributed by atoms with van der Waals surface area (Å²) in [5.41, 5.74) is 22.0. The van der Waals surface area contributed by atoms with Crippen LogP contribution in [0.25, 0.3) is 22.5 Å². The van der Waals surface area contributed by atoms with Gasteiger partial charge in [-0.15, -0.1) is 0 Å². The zero-order valence-corrected chi connectivity index (χ0v) is 39.6. The molecule has 2 heterocycles. The second-order valence-corrected chi connectivity index (χ2v) is 17.7. The monoisotopic (exact) mass is 933 g/mol. The predicted octanol–water partition coefficient (Wildman–Crippen LogP) is 1.59. The molecule has 1 aliphatic heterocycles. The highest BCUT2D eigenvalue weighted by atomic mass is 16.5. The normalized spacial score (nSPS) is 17.0. The number of carbonyl (C=O) groups is 5. The average molecular weight is 934 g/mol. The lowest BCUT2D eigenvalue weighted by Crippen LogP contribution is -2.56. The summed E-state index contributed by atoms with van der Waals surface area (Å²) in [4.78, 5) is 81.2. The van der Waals surface area contributed by atoms with E-state index in [2.05, 4.69) is 52.0 Å². The maximum Gasteiger partial charge on any atom is 0.255 e. The lowest BCUT2D eigenvalue weighted by molar-refractivity contribution is -0.141. The maximum atomic E-state index is 14.8. The molecule has 4 bridgehead atoms. The van der Waals surface area contributed by atoms with E-state index in [1.165, 1.54) is 14.0 Å². The van der Waals surface area contributed by atoms with Crippen LogP contribution in [0.15, 0.2) is 60.7 Å². The third-order valence-corrected chi connectivity index (χ3v) is 11.4. The summed E-state index contributed by atoms with van der Waals surface area (Å²) < 4.78 is 12.2. The number of hydrogen-bond acceptors (Lipinski definition) is 14. The molecule has 11 N–H and O–H groups in total. The number of aryl methyl sites for hydroxylation is 2. The van der Waals surface area contributed by atoms with Crippen molar-refractivity contribution in [3.63, 3.8) is 0 Å². The summed E-state index contributed by atoms with van der Waals surface area (Å²) in [5.74, 6) is -2.46. The standard InChI is InChI=1S/C49H63N11O8/c1-27-41(28(2)56-43(55-27)31-9-12-33(13-10-31)49(4,5)6)46(64)58-37(16-17-50)48(66)60(7)42-32-11-15-40(68-26-34(61)25-53)36(24-32)35-22-30(8-14-39(35)67-21-19-52)23-38(45(63)54-20-18-51)59-44(62)29(3)57-47(42)65/h8-15,22,24,29,34,37-38,42,61H,16-17,19-21,23,25-26,50,52-53H2,1-7H3,(H,54,63)(H,57,65)(H,58,64)(H,59,62)/t29-,34?,37?,38-,42-/m0/s1. The Hall–Kier alpha value is -6.98. The summed E-state index contributed by atoms with van der Waals surface area (Å²) in [5, 5.41) is 30.3. The van der Waals surface area contributed by atoms with Crippen LogP contribution in [0.2, 0.25) is 0 Å². The molecule has 5 amide bonds. The number of ether oxygens (including phenoxy) is 2. The molecule has 1 aliphatic rings. The first-order chi connectivity index (χ1) is 32.3. The Labute approximate surface area is 396 Å². The fourth-order valence-electron chi connectivity index (χ4n) is 7.74. The molecule has 0 aliphatic carbocycles. The van der Waals surface area contributed by atoms with Gasteiger partial charge in [0.05, 0.1) is 23.0 Å². The number of benzene rings is 3. The van der Waals surface area contributed by atoms with Gasteiger partial charge in [-0.2, -0.15) is 5.26 Å². The summed E-state index contributed by atoms with van der Waals surface area (Å²) in [6.45, 7) is 10.8. The molecule has 5 rings (SSSR count). The number of nitrogens with zero attached hydrogens (tertiary/aromatic N) is 4. The minimum Gasteiger partial charge on any atom is -0.492 e. The molecule has 2 unspecified atom stereocenters. The highest BCUT2D eigenvalue weighted by Gasteiger charge is 2.36. The molecular weight excluding hydrogens is 871 g/mol. The lowest BCUT2D eigenvalue weighted by Gasteiger charge is -2.32. The van der Waals surface area contributed by atoms with E-state index >= 15 is 0 Å². The molecule has 5 atom stereocenters. The Morgan fingerprint density at radius 3 is 2.19 bits per heavy atom. The van der Waals surface area contributed by atoms with Crippen molar-refractivity contribution in [3.05, 3.63) is 94.3 Å². The minimum absolute atomic E-state index is 0.0214. The molecule has 0 fully saturated rings. The molecule has 0 radical (unpaired) electrons. The van der Waals surface area contributed by atoms with Crippen molar-refractivity contribution in [2.45, 2.75) is 90.1 Å². The van der Waals surface area contributed by atoms with Gasteiger partial charge in [-0.3, -0.25) is 24.0 Å². The summed E-state index contributed by atoms with van der Waals surface area (Å²) in [6, 6.07) is 14.5. The van der Waals surface area contributed by atoms with Gasteiger partial charge >= 0.3 is 0 Å². The van der Waals surface area contributed by atoms with Gasteiger partial charge in [0.2, 0.25) is 23.6 Å². The fourth-order valence-corrected chi connectivity index (χ4v) is 7.74. The Balaban J connectivity index is 1.59. The van der Waals surface area contributed by atoms with E-state index in [4.69, 9.17) is 26.7 Å². The van der Waals surface area contributed by atoms with Gasteiger partial charge in [-0.05, 0) is 80.1 Å². The van der Waals surface area contributed by atoms with Crippen molar-refractivity contribution in [3.8, 4) is 40.1 Å². The first kappa shape index (κ1) is 52.0. The number of fused-ring (bicyclic) bond motifs is 5. The SMILES string of the molecule is Cc1nc(-c2ccc(C(C)(C)C)cc2)nc(C)c1C(=O)NC(CCN)C(=O)N(C)[C@@H]1C(=O)N[C@@H](C)C(=O)N[C@H](C(=O)NCC#N)Cc2ccc(OCCN)c(c2)-c2cc1ccc2OCC(O)CN. The van der Waals surface area contributed by atoms with Crippen LogP contribution in [-0.2, 0) is 31.0 Å². The molecule has 68 heavy (non-hydrogen) atoms. The first-order valence-electron chi connectivity index (χ1n) is 22.4. The Bertz CT molecular complexity index is 2500. The zero-order chi connectivity index (χ0) is 49.9. The highest BCUT2D eigenvalue weighted by Crippen LogP contribution is 2.40. The lowest BCUT2D eigenvalue weighted by atomic mass is 9.86. The van der Waals surface area contributed by atoms with Gasteiger partial charge in [-0.25, -0.2) is 9.97 Å². The molecule has 19 nitrogen and oxygen atoms in total. The van der Waals surface area contributed by atoms with Crippen molar-refractivity contribution in [1.82, 2.24) is 36.1 Å². The number of aliphatic hydroxyl groups is 1. The van der Waals surface area contributed by atoms with E-state index in [-0.39, 0.29) is 74.5 Å². The molecule has 0 spiro atoms. The van der Waals surface area contributed by atoms with Gasteiger partial charge in [0, 0.05) is 43.2 Å². The van der Waals surface area contributed by atoms with Crippen LogP contribution in [0.1, 0.15) is 78.6 Å². The molecule has 3 aromatic carbocycles. The molecule has 19 heteroatoms. The number of nitriles is 1. The van der Waals surface area contributed by atoms with Crippen molar-refractivity contribution >= 4 is 29.5 Å². The fraction of sp³-hybridized carbons (Fsp3) is 0.429. The highest BCUT2D eigenvalue weighted by molar-refractivity contribution is 6.00. The van der Waals surface area contributed by atoms with Gasteiger partial charge in [0.25, 0.3) is 5.91 Å². The van der Waals surface area contributed by atoms with Gasteiger partial charge < -0.3 is 57.9 Å². The third kappa shape index (κ3) is 12.7. The summed E-state index contributed by atoms with van der Waals surface area (Å²) in [7, 11) is 1.39. The molecular formula is C49H63N11O8. The smallest absolute Gasteiger partial charge is 0.255 e. The van der Waals surface area contributed by atoms with Crippen LogP contribution in [0, 0.1) is 25.2 Å². The number of amides is 5.